The molecular weight excluding hydrogens is 324 g/mol. The molecule has 0 radical (unpaired) electrons. The summed E-state index contributed by atoms with van der Waals surface area (Å²) in [7, 11) is 0. The third-order valence-electron chi connectivity index (χ3n) is 5.26. The minimum Gasteiger partial charge on any atom is -0.357 e. The quantitative estimate of drug-likeness (QED) is 0.629. The van der Waals surface area contributed by atoms with Gasteiger partial charge in [-0.3, -0.25) is 4.79 Å². The lowest BCUT2D eigenvalue weighted by Crippen LogP contribution is -2.45. The number of benzene rings is 1. The normalized spacial score (nSPS) is 19.8. The van der Waals surface area contributed by atoms with Crippen molar-refractivity contribution in [3.8, 4) is 0 Å². The van der Waals surface area contributed by atoms with Crippen LogP contribution in [0, 0.1) is 5.92 Å². The van der Waals surface area contributed by atoms with E-state index in [0.717, 1.165) is 32.0 Å². The lowest BCUT2D eigenvalue weighted by Gasteiger charge is -2.20. The molecule has 0 aromatic heterocycles. The molecule has 2 aliphatic rings. The molecule has 0 bridgehead atoms. The summed E-state index contributed by atoms with van der Waals surface area (Å²) in [6.07, 6.45) is 4.67. The first-order chi connectivity index (χ1) is 12.6. The topological polar surface area (TPSA) is 56.7 Å². The number of hydrogen-bond acceptors (Lipinski definition) is 2. The van der Waals surface area contributed by atoms with Crippen molar-refractivity contribution in [1.82, 2.24) is 15.5 Å². The van der Waals surface area contributed by atoms with E-state index in [1.54, 1.807) is 0 Å². The van der Waals surface area contributed by atoms with Crippen LogP contribution in [0.5, 0.6) is 0 Å². The Balaban J connectivity index is 1.58. The molecule has 3 rings (SSSR count). The Morgan fingerprint density at radius 2 is 2.12 bits per heavy atom. The van der Waals surface area contributed by atoms with E-state index in [1.165, 1.54) is 36.0 Å². The van der Waals surface area contributed by atoms with Gasteiger partial charge in [-0.15, -0.1) is 0 Å². The Morgan fingerprint density at radius 1 is 1.31 bits per heavy atom. The molecule has 1 atom stereocenters. The molecule has 1 aliphatic carbocycles. The molecule has 1 heterocycles. The molecule has 0 spiro atoms. The molecule has 1 aliphatic heterocycles. The molecular formula is C21H32N4O. The van der Waals surface area contributed by atoms with Gasteiger partial charge in [0.25, 0.3) is 0 Å². The van der Waals surface area contributed by atoms with Gasteiger partial charge in [0.1, 0.15) is 0 Å². The molecule has 1 amide bonds. The van der Waals surface area contributed by atoms with Crippen LogP contribution in [-0.4, -0.2) is 42.4 Å². The zero-order chi connectivity index (χ0) is 18.5. The van der Waals surface area contributed by atoms with Gasteiger partial charge in [0, 0.05) is 31.6 Å². The zero-order valence-corrected chi connectivity index (χ0v) is 16.3. The monoisotopic (exact) mass is 356 g/mol. The SMILES string of the molecule is CCNC(=NCc1ccc2c(c1)CCC2)NC1CCN(C(=O)C(C)C)C1. The van der Waals surface area contributed by atoms with Crippen LogP contribution >= 0.6 is 0 Å². The highest BCUT2D eigenvalue weighted by molar-refractivity contribution is 5.81. The maximum absolute atomic E-state index is 12.2. The molecule has 1 aromatic carbocycles. The Bertz CT molecular complexity index is 668. The second-order valence-electron chi connectivity index (χ2n) is 7.72. The number of nitrogens with zero attached hydrogens (tertiary/aromatic N) is 2. The van der Waals surface area contributed by atoms with E-state index < -0.39 is 0 Å². The van der Waals surface area contributed by atoms with Crippen molar-refractivity contribution in [2.45, 2.75) is 59.0 Å². The highest BCUT2D eigenvalue weighted by Crippen LogP contribution is 2.23. The summed E-state index contributed by atoms with van der Waals surface area (Å²) in [6.45, 7) is 9.12. The minimum absolute atomic E-state index is 0.0652. The standard InChI is InChI=1S/C21H32N4O/c1-4-22-21(24-19-10-11-25(14-19)20(26)15(2)3)23-13-16-8-9-17-6-5-7-18(17)12-16/h8-9,12,15,19H,4-7,10-11,13-14H2,1-3H3,(H2,22,23,24). The summed E-state index contributed by atoms with van der Waals surface area (Å²) in [6, 6.07) is 7.06. The maximum Gasteiger partial charge on any atom is 0.225 e. The van der Waals surface area contributed by atoms with E-state index in [9.17, 15) is 4.79 Å². The first-order valence-electron chi connectivity index (χ1n) is 10.0. The number of fused-ring (bicyclic) bond motifs is 1. The fourth-order valence-electron chi connectivity index (χ4n) is 3.85. The Kier molecular flexibility index (Phi) is 6.17. The van der Waals surface area contributed by atoms with Gasteiger partial charge in [-0.2, -0.15) is 0 Å². The van der Waals surface area contributed by atoms with Gasteiger partial charge in [-0.25, -0.2) is 4.99 Å². The van der Waals surface area contributed by atoms with Crippen molar-refractivity contribution in [2.75, 3.05) is 19.6 Å². The highest BCUT2D eigenvalue weighted by atomic mass is 16.2. The average molecular weight is 357 g/mol. The van der Waals surface area contributed by atoms with Crippen molar-refractivity contribution in [3.63, 3.8) is 0 Å². The smallest absolute Gasteiger partial charge is 0.225 e. The number of aryl methyl sites for hydroxylation is 2. The summed E-state index contributed by atoms with van der Waals surface area (Å²) in [5.74, 6) is 1.15. The molecule has 1 fully saturated rings. The van der Waals surface area contributed by atoms with Gasteiger partial charge >= 0.3 is 0 Å². The number of carbonyl (C=O) groups excluding carboxylic acids is 1. The first kappa shape index (κ1) is 18.7. The van der Waals surface area contributed by atoms with Crippen molar-refractivity contribution in [3.05, 3.63) is 34.9 Å². The van der Waals surface area contributed by atoms with Gasteiger partial charge in [0.15, 0.2) is 5.96 Å². The summed E-state index contributed by atoms with van der Waals surface area (Å²) in [5.41, 5.74) is 4.27. The predicted octanol–water partition coefficient (Wildman–Crippen LogP) is 2.49. The number of rotatable bonds is 5. The van der Waals surface area contributed by atoms with Gasteiger partial charge < -0.3 is 15.5 Å². The predicted molar refractivity (Wildman–Crippen MR) is 106 cm³/mol. The summed E-state index contributed by atoms with van der Waals surface area (Å²) in [5, 5.41) is 6.84. The van der Waals surface area contributed by atoms with E-state index >= 15 is 0 Å². The van der Waals surface area contributed by atoms with Crippen LogP contribution in [0.4, 0.5) is 0 Å². The van der Waals surface area contributed by atoms with Gasteiger partial charge in [-0.05, 0) is 49.3 Å². The van der Waals surface area contributed by atoms with Crippen LogP contribution < -0.4 is 10.6 Å². The second-order valence-corrected chi connectivity index (χ2v) is 7.72. The van der Waals surface area contributed by atoms with Crippen molar-refractivity contribution < 1.29 is 4.79 Å². The molecule has 1 aromatic rings. The Morgan fingerprint density at radius 3 is 2.88 bits per heavy atom. The molecule has 2 N–H and O–H groups in total. The number of aliphatic imine (C=N–C) groups is 1. The first-order valence-corrected chi connectivity index (χ1v) is 10.0. The van der Waals surface area contributed by atoms with Crippen LogP contribution in [0.1, 0.15) is 50.3 Å². The average Bonchev–Trinajstić information content (AvgIpc) is 3.27. The number of amides is 1. The third kappa shape index (κ3) is 4.57. The van der Waals surface area contributed by atoms with E-state index in [4.69, 9.17) is 4.99 Å². The highest BCUT2D eigenvalue weighted by Gasteiger charge is 2.27. The van der Waals surface area contributed by atoms with E-state index in [1.807, 2.05) is 18.7 Å². The van der Waals surface area contributed by atoms with Crippen molar-refractivity contribution >= 4 is 11.9 Å². The molecule has 26 heavy (non-hydrogen) atoms. The molecule has 1 unspecified atom stereocenters. The Labute approximate surface area is 157 Å². The molecule has 5 heteroatoms. The number of guanidine groups is 1. The molecule has 5 nitrogen and oxygen atoms in total. The summed E-state index contributed by atoms with van der Waals surface area (Å²) in [4.78, 5) is 18.9. The van der Waals surface area contributed by atoms with Gasteiger partial charge in [0.05, 0.1) is 6.54 Å². The third-order valence-corrected chi connectivity index (χ3v) is 5.26. The van der Waals surface area contributed by atoms with Crippen LogP contribution in [0.3, 0.4) is 0 Å². The van der Waals surface area contributed by atoms with Gasteiger partial charge in [0.2, 0.25) is 5.91 Å². The molecule has 1 saturated heterocycles. The van der Waals surface area contributed by atoms with E-state index in [-0.39, 0.29) is 17.9 Å². The fraction of sp³-hybridized carbons (Fsp3) is 0.619. The van der Waals surface area contributed by atoms with Crippen LogP contribution in [0.2, 0.25) is 0 Å². The van der Waals surface area contributed by atoms with E-state index in [0.29, 0.717) is 6.54 Å². The van der Waals surface area contributed by atoms with Crippen molar-refractivity contribution in [2.24, 2.45) is 10.9 Å². The van der Waals surface area contributed by atoms with Crippen molar-refractivity contribution in [1.29, 1.82) is 0 Å². The molecule has 142 valence electrons. The number of carbonyl (C=O) groups is 1. The zero-order valence-electron chi connectivity index (χ0n) is 16.3. The van der Waals surface area contributed by atoms with Crippen LogP contribution in [0.15, 0.2) is 23.2 Å². The number of nitrogens with one attached hydrogen (secondary N) is 2. The number of likely N-dealkylation sites (tertiary alicyclic amines) is 1. The lowest BCUT2D eigenvalue weighted by molar-refractivity contribution is -0.133. The van der Waals surface area contributed by atoms with E-state index in [2.05, 4.69) is 35.8 Å². The van der Waals surface area contributed by atoms with Crippen LogP contribution in [0.25, 0.3) is 0 Å². The number of hydrogen-bond donors (Lipinski definition) is 2. The summed E-state index contributed by atoms with van der Waals surface area (Å²) >= 11 is 0. The van der Waals surface area contributed by atoms with Gasteiger partial charge in [-0.1, -0.05) is 32.0 Å². The lowest BCUT2D eigenvalue weighted by atomic mass is 10.1. The van der Waals surface area contributed by atoms with Crippen LogP contribution in [-0.2, 0) is 24.2 Å². The molecule has 0 saturated carbocycles. The largest absolute Gasteiger partial charge is 0.357 e. The minimum atomic E-state index is 0.0652. The fourth-order valence-corrected chi connectivity index (χ4v) is 3.85. The maximum atomic E-state index is 12.2. The summed E-state index contributed by atoms with van der Waals surface area (Å²) < 4.78 is 0. The Hall–Kier alpha value is -2.04. The second kappa shape index (κ2) is 8.56.